The molecule has 0 aliphatic carbocycles. The Bertz CT molecular complexity index is 1030. The summed E-state index contributed by atoms with van der Waals surface area (Å²) in [7, 11) is 1.53. The third-order valence-corrected chi connectivity index (χ3v) is 3.83. The maximum Gasteiger partial charge on any atom is 0.438 e. The normalized spacial score (nSPS) is 11.6. The molecule has 9 heteroatoms. The zero-order valence-electron chi connectivity index (χ0n) is 14.4. The molecule has 134 valence electrons. The van der Waals surface area contributed by atoms with Crippen molar-refractivity contribution in [1.29, 1.82) is 0 Å². The minimum absolute atomic E-state index is 0.264. The largest absolute Gasteiger partial charge is 0.497 e. The topological polar surface area (TPSA) is 108 Å². The summed E-state index contributed by atoms with van der Waals surface area (Å²) in [6, 6.07) is 12.1. The molecule has 3 rings (SSSR count). The van der Waals surface area contributed by atoms with Gasteiger partial charge >= 0.3 is 5.82 Å². The van der Waals surface area contributed by atoms with Gasteiger partial charge in [-0.3, -0.25) is 0 Å². The van der Waals surface area contributed by atoms with Gasteiger partial charge in [-0.15, -0.1) is 0 Å². The lowest BCUT2D eigenvalue weighted by atomic mass is 10.1. The van der Waals surface area contributed by atoms with Crippen molar-refractivity contribution >= 4 is 11.5 Å². The van der Waals surface area contributed by atoms with Gasteiger partial charge in [-0.2, -0.15) is 0 Å². The summed E-state index contributed by atoms with van der Waals surface area (Å²) in [5.74, 6) is 0.0596. The number of benzene rings is 2. The van der Waals surface area contributed by atoms with Gasteiger partial charge in [0.25, 0.3) is 5.49 Å². The highest BCUT2D eigenvalue weighted by Crippen LogP contribution is 2.20. The van der Waals surface area contributed by atoms with E-state index in [1.54, 1.807) is 30.3 Å². The van der Waals surface area contributed by atoms with Crippen molar-refractivity contribution < 1.29 is 14.9 Å². The van der Waals surface area contributed by atoms with E-state index in [4.69, 9.17) is 4.74 Å². The molecule has 0 unspecified atom stereocenters. The van der Waals surface area contributed by atoms with Gasteiger partial charge in [-0.05, 0) is 65.0 Å². The van der Waals surface area contributed by atoms with Crippen LogP contribution < -0.4 is 10.2 Å². The number of hydrogen-bond donors (Lipinski definition) is 1. The summed E-state index contributed by atoms with van der Waals surface area (Å²) in [5, 5.41) is 25.7. The Labute approximate surface area is 148 Å². The van der Waals surface area contributed by atoms with Crippen LogP contribution in [0.3, 0.4) is 0 Å². The minimum atomic E-state index is -0.684. The van der Waals surface area contributed by atoms with E-state index in [2.05, 4.69) is 10.1 Å². The van der Waals surface area contributed by atoms with Gasteiger partial charge in [0.1, 0.15) is 11.4 Å². The summed E-state index contributed by atoms with van der Waals surface area (Å²) in [4.78, 5) is 16.5. The zero-order chi connectivity index (χ0) is 18.8. The van der Waals surface area contributed by atoms with E-state index < -0.39 is 10.7 Å². The number of nitrogens with zero attached hydrogens (tertiary/aromatic N) is 5. The SMILES string of the molecule is COc1ccc(-n2nc([N+](=O)[O-])c(=Nc3cc(C)ccc3C)n2O)cc1. The van der Waals surface area contributed by atoms with Crippen LogP contribution in [0.25, 0.3) is 5.69 Å². The second kappa shape index (κ2) is 6.71. The molecule has 2 aromatic carbocycles. The first-order chi connectivity index (χ1) is 12.4. The maximum absolute atomic E-state index is 11.4. The Morgan fingerprint density at radius 2 is 1.88 bits per heavy atom. The van der Waals surface area contributed by atoms with E-state index in [1.165, 1.54) is 7.11 Å². The van der Waals surface area contributed by atoms with Crippen LogP contribution in [0.1, 0.15) is 11.1 Å². The van der Waals surface area contributed by atoms with Crippen molar-refractivity contribution in [2.75, 3.05) is 7.11 Å². The summed E-state index contributed by atoms with van der Waals surface area (Å²) in [6.45, 7) is 3.72. The first-order valence-electron chi connectivity index (χ1n) is 7.73. The molecule has 0 spiro atoms. The lowest BCUT2D eigenvalue weighted by molar-refractivity contribution is -0.391. The van der Waals surface area contributed by atoms with Crippen LogP contribution >= 0.6 is 0 Å². The van der Waals surface area contributed by atoms with Crippen LogP contribution in [-0.2, 0) is 0 Å². The minimum Gasteiger partial charge on any atom is -0.497 e. The molecule has 0 bridgehead atoms. The van der Waals surface area contributed by atoms with E-state index in [-0.39, 0.29) is 5.49 Å². The molecule has 0 radical (unpaired) electrons. The fourth-order valence-corrected chi connectivity index (χ4v) is 2.41. The first-order valence-corrected chi connectivity index (χ1v) is 7.73. The molecule has 0 aliphatic rings. The average molecular weight is 355 g/mol. The lowest BCUT2D eigenvalue weighted by Crippen LogP contribution is -2.22. The van der Waals surface area contributed by atoms with Gasteiger partial charge in [0, 0.05) is 0 Å². The highest BCUT2D eigenvalue weighted by molar-refractivity contribution is 5.48. The molecule has 3 aromatic rings. The number of nitro groups is 1. The van der Waals surface area contributed by atoms with Crippen LogP contribution in [0.5, 0.6) is 5.75 Å². The smallest absolute Gasteiger partial charge is 0.438 e. The molecule has 1 aromatic heterocycles. The van der Waals surface area contributed by atoms with Crippen LogP contribution in [0.15, 0.2) is 47.5 Å². The Balaban J connectivity index is 2.22. The monoisotopic (exact) mass is 355 g/mol. The average Bonchev–Trinajstić information content (AvgIpc) is 2.95. The Morgan fingerprint density at radius 3 is 2.50 bits per heavy atom. The molecule has 1 heterocycles. The van der Waals surface area contributed by atoms with E-state index in [0.717, 1.165) is 15.9 Å². The Morgan fingerprint density at radius 1 is 1.19 bits per heavy atom. The molecule has 0 fully saturated rings. The molecule has 0 aliphatic heterocycles. The quantitative estimate of drug-likeness (QED) is 0.440. The van der Waals surface area contributed by atoms with E-state index in [1.807, 2.05) is 26.0 Å². The predicted octanol–water partition coefficient (Wildman–Crippen LogP) is 2.68. The Hall–Kier alpha value is -3.62. The lowest BCUT2D eigenvalue weighted by Gasteiger charge is -2.03. The molecule has 0 amide bonds. The van der Waals surface area contributed by atoms with E-state index in [9.17, 15) is 15.3 Å². The van der Waals surface area contributed by atoms with Crippen molar-refractivity contribution in [2.24, 2.45) is 4.99 Å². The molecule has 0 saturated heterocycles. The molecular weight excluding hydrogens is 338 g/mol. The number of ether oxygens (including phenoxy) is 1. The molecule has 26 heavy (non-hydrogen) atoms. The molecule has 1 N–H and O–H groups in total. The van der Waals surface area contributed by atoms with Crippen LogP contribution in [0, 0.1) is 24.0 Å². The summed E-state index contributed by atoms with van der Waals surface area (Å²) in [6.07, 6.45) is 0. The number of methoxy groups -OCH3 is 1. The van der Waals surface area contributed by atoms with Crippen molar-refractivity contribution in [3.63, 3.8) is 0 Å². The molecule has 9 nitrogen and oxygen atoms in total. The second-order valence-electron chi connectivity index (χ2n) is 5.68. The van der Waals surface area contributed by atoms with Gasteiger partial charge in [-0.25, -0.2) is 4.99 Å². The van der Waals surface area contributed by atoms with Gasteiger partial charge in [0.2, 0.25) is 0 Å². The van der Waals surface area contributed by atoms with E-state index >= 15 is 0 Å². The zero-order valence-corrected chi connectivity index (χ0v) is 14.4. The highest BCUT2D eigenvalue weighted by Gasteiger charge is 2.24. The highest BCUT2D eigenvalue weighted by atomic mass is 16.6. The molecule has 0 atom stereocenters. The predicted molar refractivity (Wildman–Crippen MR) is 93.1 cm³/mol. The van der Waals surface area contributed by atoms with Crippen LogP contribution in [0.2, 0.25) is 0 Å². The Kier molecular flexibility index (Phi) is 4.44. The number of aryl methyl sites for hydroxylation is 2. The van der Waals surface area contributed by atoms with Gasteiger partial charge in [0.15, 0.2) is 0 Å². The van der Waals surface area contributed by atoms with Crippen LogP contribution in [0.4, 0.5) is 11.5 Å². The standard InChI is InChI=1S/C17H17N5O4/c1-11-4-5-12(2)15(10-11)18-16-17(22(24)25)19-20(21(16)23)13-6-8-14(26-3)9-7-13/h4-10,23H,1-3H3. The summed E-state index contributed by atoms with van der Waals surface area (Å²) < 4.78 is 5.08. The summed E-state index contributed by atoms with van der Waals surface area (Å²) >= 11 is 0. The number of hydrogen-bond acceptors (Lipinski definition) is 6. The number of rotatable bonds is 4. The summed E-state index contributed by atoms with van der Waals surface area (Å²) in [5.41, 5.74) is 2.44. The first kappa shape index (κ1) is 17.2. The van der Waals surface area contributed by atoms with Gasteiger partial charge in [-0.1, -0.05) is 17.0 Å². The second-order valence-corrected chi connectivity index (χ2v) is 5.68. The fourth-order valence-electron chi connectivity index (χ4n) is 2.41. The van der Waals surface area contributed by atoms with Crippen molar-refractivity contribution in [3.8, 4) is 11.4 Å². The van der Waals surface area contributed by atoms with Crippen molar-refractivity contribution in [1.82, 2.24) is 14.7 Å². The van der Waals surface area contributed by atoms with Gasteiger partial charge < -0.3 is 20.1 Å². The van der Waals surface area contributed by atoms with Gasteiger partial charge in [0.05, 0.1) is 17.9 Å². The molecule has 0 saturated carbocycles. The maximum atomic E-state index is 11.4. The van der Waals surface area contributed by atoms with E-state index in [0.29, 0.717) is 22.0 Å². The fraction of sp³-hybridized carbons (Fsp3) is 0.176. The third kappa shape index (κ3) is 3.14. The third-order valence-electron chi connectivity index (χ3n) is 3.83. The number of aromatic nitrogens is 3. The van der Waals surface area contributed by atoms with Crippen molar-refractivity contribution in [3.05, 3.63) is 69.2 Å². The molecular formula is C17H17N5O4. The van der Waals surface area contributed by atoms with Crippen LogP contribution in [-0.4, -0.2) is 32.0 Å². The van der Waals surface area contributed by atoms with Crippen molar-refractivity contribution in [2.45, 2.75) is 13.8 Å².